The molecule has 1 saturated heterocycles. The van der Waals surface area contributed by atoms with Gasteiger partial charge in [0.25, 0.3) is 5.91 Å². The molecule has 3 heterocycles. The molecule has 7 heteroatoms. The average Bonchev–Trinajstić information content (AvgIpc) is 3.21. The van der Waals surface area contributed by atoms with Gasteiger partial charge in [-0.1, -0.05) is 6.07 Å². The monoisotopic (exact) mass is 361 g/mol. The molecule has 0 aliphatic carbocycles. The van der Waals surface area contributed by atoms with Crippen molar-refractivity contribution in [1.82, 2.24) is 13.6 Å². The number of thiophene rings is 1. The number of benzene rings is 1. The second-order valence-electron chi connectivity index (χ2n) is 5.42. The van der Waals surface area contributed by atoms with Gasteiger partial charge in [-0.2, -0.15) is 20.5 Å². The van der Waals surface area contributed by atoms with Crippen molar-refractivity contribution in [3.05, 3.63) is 46.2 Å². The maximum atomic E-state index is 12.8. The summed E-state index contributed by atoms with van der Waals surface area (Å²) in [6, 6.07) is 9.90. The first-order chi connectivity index (χ1) is 11.3. The number of amides is 1. The van der Waals surface area contributed by atoms with Crippen molar-refractivity contribution in [2.75, 3.05) is 18.8 Å². The molecular weight excluding hydrogens is 346 g/mol. The van der Waals surface area contributed by atoms with Crippen molar-refractivity contribution >= 4 is 51.8 Å². The zero-order valence-corrected chi connectivity index (χ0v) is 14.8. The number of carbonyl (C=O) groups is 1. The molecule has 4 nitrogen and oxygen atoms in total. The first-order valence-corrected chi connectivity index (χ1v) is 10.1. The van der Waals surface area contributed by atoms with E-state index in [1.54, 1.807) is 0 Å². The number of carbonyl (C=O) groups excluding carboxylic acids is 1. The molecule has 2 aromatic heterocycles. The van der Waals surface area contributed by atoms with Crippen LogP contribution in [0.25, 0.3) is 11.0 Å². The Morgan fingerprint density at radius 3 is 2.96 bits per heavy atom. The minimum atomic E-state index is 0.104. The molecule has 0 radical (unpaired) electrons. The fourth-order valence-corrected chi connectivity index (χ4v) is 5.53. The average molecular weight is 362 g/mol. The summed E-state index contributed by atoms with van der Waals surface area (Å²) in [6.45, 7) is 1.61. The van der Waals surface area contributed by atoms with Crippen molar-refractivity contribution in [2.24, 2.45) is 0 Å². The Kier molecular flexibility index (Phi) is 4.33. The Morgan fingerprint density at radius 2 is 2.09 bits per heavy atom. The largest absolute Gasteiger partial charge is 0.338 e. The molecule has 0 spiro atoms. The first kappa shape index (κ1) is 15.1. The molecule has 1 amide bonds. The highest BCUT2D eigenvalue weighted by Gasteiger charge is 2.23. The van der Waals surface area contributed by atoms with Crippen molar-refractivity contribution in [3.8, 4) is 0 Å². The lowest BCUT2D eigenvalue weighted by Gasteiger charge is -2.20. The quantitative estimate of drug-likeness (QED) is 0.690. The molecule has 1 aliphatic heterocycles. The van der Waals surface area contributed by atoms with Gasteiger partial charge in [0.15, 0.2) is 0 Å². The summed E-state index contributed by atoms with van der Waals surface area (Å²) in [7, 11) is 0. The minimum Gasteiger partial charge on any atom is -0.338 e. The molecule has 1 aromatic carbocycles. The van der Waals surface area contributed by atoms with Crippen LogP contribution < -0.4 is 0 Å². The Hall–Kier alpha value is -1.44. The number of hydrogen-bond acceptors (Lipinski definition) is 6. The van der Waals surface area contributed by atoms with Crippen molar-refractivity contribution in [3.63, 3.8) is 0 Å². The van der Waals surface area contributed by atoms with Crippen LogP contribution >= 0.6 is 34.8 Å². The van der Waals surface area contributed by atoms with Crippen molar-refractivity contribution in [1.29, 1.82) is 0 Å². The van der Waals surface area contributed by atoms with Gasteiger partial charge in [0, 0.05) is 34.5 Å². The molecule has 0 N–H and O–H groups in total. The van der Waals surface area contributed by atoms with E-state index in [9.17, 15) is 4.79 Å². The summed E-state index contributed by atoms with van der Waals surface area (Å²) in [6.07, 6.45) is 1.01. The molecule has 3 aromatic rings. The summed E-state index contributed by atoms with van der Waals surface area (Å²) >= 11 is 4.95. The molecule has 1 fully saturated rings. The number of hydrogen-bond donors (Lipinski definition) is 0. The normalized spacial score (nSPS) is 19.0. The third kappa shape index (κ3) is 3.13. The molecule has 0 saturated carbocycles. The van der Waals surface area contributed by atoms with E-state index < -0.39 is 0 Å². The van der Waals surface area contributed by atoms with Gasteiger partial charge in [0.1, 0.15) is 11.0 Å². The van der Waals surface area contributed by atoms with Crippen LogP contribution in [-0.2, 0) is 0 Å². The fraction of sp³-hybridized carbons (Fsp3) is 0.312. The van der Waals surface area contributed by atoms with Crippen molar-refractivity contribution < 1.29 is 4.79 Å². The summed E-state index contributed by atoms with van der Waals surface area (Å²) in [5.41, 5.74) is 2.38. The number of fused-ring (bicyclic) bond motifs is 1. The van der Waals surface area contributed by atoms with Crippen LogP contribution in [-0.4, -0.2) is 38.4 Å². The van der Waals surface area contributed by atoms with Gasteiger partial charge in [0.05, 0.1) is 11.7 Å². The van der Waals surface area contributed by atoms with E-state index in [-0.39, 0.29) is 5.91 Å². The van der Waals surface area contributed by atoms with Crippen LogP contribution in [0, 0.1) is 0 Å². The maximum Gasteiger partial charge on any atom is 0.253 e. The zero-order chi connectivity index (χ0) is 15.6. The number of aromatic nitrogens is 2. The number of nitrogens with zero attached hydrogens (tertiary/aromatic N) is 3. The summed E-state index contributed by atoms with van der Waals surface area (Å²) < 4.78 is 8.42. The van der Waals surface area contributed by atoms with Gasteiger partial charge in [-0.25, -0.2) is 0 Å². The van der Waals surface area contributed by atoms with Gasteiger partial charge in [0.2, 0.25) is 0 Å². The topological polar surface area (TPSA) is 46.1 Å². The first-order valence-electron chi connectivity index (χ1n) is 7.48. The van der Waals surface area contributed by atoms with Gasteiger partial charge >= 0.3 is 0 Å². The molecule has 1 unspecified atom stereocenters. The Bertz CT molecular complexity index is 815. The molecule has 118 valence electrons. The van der Waals surface area contributed by atoms with Crippen molar-refractivity contribution in [2.45, 2.75) is 11.7 Å². The molecule has 23 heavy (non-hydrogen) atoms. The van der Waals surface area contributed by atoms with Crippen LogP contribution in [0.2, 0.25) is 0 Å². The summed E-state index contributed by atoms with van der Waals surface area (Å²) in [5.74, 6) is 1.08. The zero-order valence-electron chi connectivity index (χ0n) is 12.3. The highest BCUT2D eigenvalue weighted by Crippen LogP contribution is 2.36. The second-order valence-corrected chi connectivity index (χ2v) is 8.24. The van der Waals surface area contributed by atoms with Gasteiger partial charge in [-0.3, -0.25) is 4.79 Å². The van der Waals surface area contributed by atoms with Crippen LogP contribution in [0.15, 0.2) is 35.7 Å². The Balaban J connectivity index is 1.50. The summed E-state index contributed by atoms with van der Waals surface area (Å²) in [4.78, 5) is 16.2. The van der Waals surface area contributed by atoms with E-state index in [0.717, 1.165) is 36.3 Å². The van der Waals surface area contributed by atoms with E-state index in [0.29, 0.717) is 10.8 Å². The molecule has 1 aliphatic rings. The third-order valence-electron chi connectivity index (χ3n) is 3.99. The predicted octanol–water partition coefficient (Wildman–Crippen LogP) is 4.07. The number of thioether (sulfide) groups is 1. The molecular formula is C16H15N3OS3. The predicted molar refractivity (Wildman–Crippen MR) is 97.5 cm³/mol. The summed E-state index contributed by atoms with van der Waals surface area (Å²) in [5, 5.41) is 2.64. The van der Waals surface area contributed by atoms with E-state index >= 15 is 0 Å². The van der Waals surface area contributed by atoms with Crippen LogP contribution in [0.1, 0.15) is 26.9 Å². The maximum absolute atomic E-state index is 12.8. The Labute approximate surface area is 146 Å². The second kappa shape index (κ2) is 6.59. The fourth-order valence-electron chi connectivity index (χ4n) is 2.77. The van der Waals surface area contributed by atoms with E-state index in [1.807, 2.05) is 46.2 Å². The van der Waals surface area contributed by atoms with Gasteiger partial charge in [-0.15, -0.1) is 11.3 Å². The Morgan fingerprint density at radius 1 is 1.17 bits per heavy atom. The smallest absolute Gasteiger partial charge is 0.253 e. The van der Waals surface area contributed by atoms with Gasteiger partial charge in [-0.05, 0) is 36.1 Å². The van der Waals surface area contributed by atoms with E-state index in [2.05, 4.69) is 26.3 Å². The minimum absolute atomic E-state index is 0.104. The van der Waals surface area contributed by atoms with E-state index in [1.165, 1.54) is 16.6 Å². The molecule has 0 bridgehead atoms. The lowest BCUT2D eigenvalue weighted by Crippen LogP contribution is -2.32. The lowest BCUT2D eigenvalue weighted by atomic mass is 10.1. The van der Waals surface area contributed by atoms with Crippen LogP contribution in [0.5, 0.6) is 0 Å². The molecule has 1 atom stereocenters. The standard InChI is InChI=1S/C16H15N3OS3/c20-16(11-3-4-12-13(10-11)18-23-17-12)19-6-5-15(22-9-7-19)14-2-1-8-21-14/h1-4,8,10,15H,5-7,9H2. The van der Waals surface area contributed by atoms with Crippen LogP contribution in [0.3, 0.4) is 0 Å². The highest BCUT2D eigenvalue weighted by molar-refractivity contribution is 7.99. The van der Waals surface area contributed by atoms with Crippen LogP contribution in [0.4, 0.5) is 0 Å². The number of rotatable bonds is 2. The third-order valence-corrected chi connectivity index (χ3v) is 6.99. The highest BCUT2D eigenvalue weighted by atomic mass is 32.2. The van der Waals surface area contributed by atoms with E-state index in [4.69, 9.17) is 0 Å². The van der Waals surface area contributed by atoms with Gasteiger partial charge < -0.3 is 4.90 Å². The lowest BCUT2D eigenvalue weighted by molar-refractivity contribution is 0.0767. The SMILES string of the molecule is O=C(c1ccc2nsnc2c1)N1CCSC(c2cccs2)CC1. The molecule has 4 rings (SSSR count).